The standard InChI is InChI=1S/C15H23N3O3/c1-3-18(4-2)12-7-5-11(6-8-12)17-14(19)10-9-13(16)15(20)21/h5-8,13H,3-4,9-10,16H2,1-2H3,(H,17,19)(H,20,21)/t13-/m0/s1. The maximum atomic E-state index is 11.7. The second-order valence-corrected chi connectivity index (χ2v) is 4.75. The number of carbonyl (C=O) groups excluding carboxylic acids is 1. The average molecular weight is 293 g/mol. The number of benzene rings is 1. The fourth-order valence-electron chi connectivity index (χ4n) is 1.98. The van der Waals surface area contributed by atoms with E-state index in [1.54, 1.807) is 0 Å². The summed E-state index contributed by atoms with van der Waals surface area (Å²) in [7, 11) is 0. The number of anilines is 2. The van der Waals surface area contributed by atoms with Crippen LogP contribution in [0.4, 0.5) is 11.4 Å². The molecular formula is C15H23N3O3. The number of rotatable bonds is 8. The molecule has 0 heterocycles. The molecule has 0 unspecified atom stereocenters. The Morgan fingerprint density at radius 1 is 1.24 bits per heavy atom. The van der Waals surface area contributed by atoms with Crippen LogP contribution in [0.15, 0.2) is 24.3 Å². The molecule has 6 heteroatoms. The van der Waals surface area contributed by atoms with Crippen LogP contribution in [0.3, 0.4) is 0 Å². The van der Waals surface area contributed by atoms with Gasteiger partial charge in [-0.3, -0.25) is 9.59 Å². The van der Waals surface area contributed by atoms with E-state index in [4.69, 9.17) is 10.8 Å². The second kappa shape index (κ2) is 8.26. The van der Waals surface area contributed by atoms with E-state index in [0.717, 1.165) is 18.8 Å². The lowest BCUT2D eigenvalue weighted by Gasteiger charge is -2.21. The van der Waals surface area contributed by atoms with Gasteiger partial charge in [0, 0.05) is 30.9 Å². The Balaban J connectivity index is 2.51. The molecule has 6 nitrogen and oxygen atoms in total. The number of nitrogens with one attached hydrogen (secondary N) is 1. The molecular weight excluding hydrogens is 270 g/mol. The molecule has 4 N–H and O–H groups in total. The molecule has 0 aliphatic rings. The zero-order valence-electron chi connectivity index (χ0n) is 12.5. The van der Waals surface area contributed by atoms with Crippen molar-refractivity contribution in [1.82, 2.24) is 0 Å². The summed E-state index contributed by atoms with van der Waals surface area (Å²) in [6.07, 6.45) is 0.212. The van der Waals surface area contributed by atoms with Gasteiger partial charge < -0.3 is 21.1 Å². The summed E-state index contributed by atoms with van der Waals surface area (Å²) in [5.74, 6) is -1.33. The Morgan fingerprint density at radius 3 is 2.29 bits per heavy atom. The Bertz CT molecular complexity index is 470. The van der Waals surface area contributed by atoms with E-state index in [0.29, 0.717) is 5.69 Å². The summed E-state index contributed by atoms with van der Waals surface area (Å²) < 4.78 is 0. The van der Waals surface area contributed by atoms with Gasteiger partial charge in [0.2, 0.25) is 5.91 Å². The second-order valence-electron chi connectivity index (χ2n) is 4.75. The number of hydrogen-bond donors (Lipinski definition) is 3. The van der Waals surface area contributed by atoms with E-state index < -0.39 is 12.0 Å². The summed E-state index contributed by atoms with van der Waals surface area (Å²) in [6.45, 7) is 6.03. The number of nitrogens with zero attached hydrogens (tertiary/aromatic N) is 1. The molecule has 1 aromatic rings. The number of aliphatic carboxylic acids is 1. The van der Waals surface area contributed by atoms with Gasteiger partial charge in [-0.25, -0.2) is 0 Å². The van der Waals surface area contributed by atoms with Crippen LogP contribution in [0.5, 0.6) is 0 Å². The minimum Gasteiger partial charge on any atom is -0.480 e. The first-order chi connectivity index (χ1) is 9.97. The van der Waals surface area contributed by atoms with Gasteiger partial charge in [0.1, 0.15) is 6.04 Å². The normalized spacial score (nSPS) is 11.8. The summed E-state index contributed by atoms with van der Waals surface area (Å²) >= 11 is 0. The van der Waals surface area contributed by atoms with Gasteiger partial charge >= 0.3 is 5.97 Å². The molecule has 0 saturated carbocycles. The molecule has 0 saturated heterocycles. The molecule has 0 radical (unpaired) electrons. The maximum absolute atomic E-state index is 11.7. The molecule has 0 aliphatic heterocycles. The molecule has 0 aromatic heterocycles. The fraction of sp³-hybridized carbons (Fsp3) is 0.467. The molecule has 1 atom stereocenters. The van der Waals surface area contributed by atoms with Crippen LogP contribution in [-0.4, -0.2) is 36.1 Å². The lowest BCUT2D eigenvalue weighted by Crippen LogP contribution is -2.31. The van der Waals surface area contributed by atoms with Crippen molar-refractivity contribution in [2.24, 2.45) is 5.73 Å². The van der Waals surface area contributed by atoms with E-state index in [-0.39, 0.29) is 18.7 Å². The van der Waals surface area contributed by atoms with Gasteiger partial charge in [-0.2, -0.15) is 0 Å². The van der Waals surface area contributed by atoms with Crippen LogP contribution in [0, 0.1) is 0 Å². The SMILES string of the molecule is CCN(CC)c1ccc(NC(=O)CC[C@H](N)C(=O)O)cc1. The Morgan fingerprint density at radius 2 is 1.81 bits per heavy atom. The number of carboxylic acids is 1. The monoisotopic (exact) mass is 293 g/mol. The van der Waals surface area contributed by atoms with Crippen LogP contribution in [0.25, 0.3) is 0 Å². The van der Waals surface area contributed by atoms with Crippen molar-refractivity contribution < 1.29 is 14.7 Å². The van der Waals surface area contributed by atoms with Gasteiger partial charge in [-0.1, -0.05) is 0 Å². The highest BCUT2D eigenvalue weighted by Crippen LogP contribution is 2.17. The molecule has 1 amide bonds. The molecule has 0 fully saturated rings. The lowest BCUT2D eigenvalue weighted by molar-refractivity contribution is -0.138. The van der Waals surface area contributed by atoms with Crippen molar-refractivity contribution in [3.63, 3.8) is 0 Å². The van der Waals surface area contributed by atoms with Crippen LogP contribution >= 0.6 is 0 Å². The van der Waals surface area contributed by atoms with Crippen molar-refractivity contribution >= 4 is 23.3 Å². The van der Waals surface area contributed by atoms with E-state index in [2.05, 4.69) is 24.1 Å². The highest BCUT2D eigenvalue weighted by molar-refractivity contribution is 5.91. The van der Waals surface area contributed by atoms with E-state index in [1.165, 1.54) is 0 Å². The minimum absolute atomic E-state index is 0.0886. The van der Waals surface area contributed by atoms with Crippen molar-refractivity contribution in [1.29, 1.82) is 0 Å². The molecule has 0 spiro atoms. The number of hydrogen-bond acceptors (Lipinski definition) is 4. The Hall–Kier alpha value is -2.08. The molecule has 1 aromatic carbocycles. The minimum atomic E-state index is -1.09. The first-order valence-electron chi connectivity index (χ1n) is 7.11. The Kier molecular flexibility index (Phi) is 6.68. The summed E-state index contributed by atoms with van der Waals surface area (Å²) in [5, 5.41) is 11.4. The third-order valence-corrected chi connectivity index (χ3v) is 3.28. The molecule has 1 rings (SSSR count). The number of nitrogens with two attached hydrogens (primary N) is 1. The first-order valence-corrected chi connectivity index (χ1v) is 7.11. The maximum Gasteiger partial charge on any atom is 0.320 e. The fourth-order valence-corrected chi connectivity index (χ4v) is 1.98. The zero-order chi connectivity index (χ0) is 15.8. The van der Waals surface area contributed by atoms with Crippen molar-refractivity contribution in [2.45, 2.75) is 32.7 Å². The largest absolute Gasteiger partial charge is 0.480 e. The van der Waals surface area contributed by atoms with E-state index in [9.17, 15) is 9.59 Å². The average Bonchev–Trinajstić information content (AvgIpc) is 2.47. The predicted octanol–water partition coefficient (Wildman–Crippen LogP) is 1.66. The van der Waals surface area contributed by atoms with Crippen LogP contribution < -0.4 is 16.0 Å². The third kappa shape index (κ3) is 5.43. The summed E-state index contributed by atoms with van der Waals surface area (Å²) in [6, 6.07) is 6.57. The van der Waals surface area contributed by atoms with E-state index >= 15 is 0 Å². The topological polar surface area (TPSA) is 95.7 Å². The molecule has 0 aliphatic carbocycles. The quantitative estimate of drug-likeness (QED) is 0.677. The Labute approximate surface area is 124 Å². The molecule has 116 valence electrons. The first kappa shape index (κ1) is 17.0. The van der Waals surface area contributed by atoms with Crippen LogP contribution in [0.2, 0.25) is 0 Å². The van der Waals surface area contributed by atoms with Gasteiger partial charge in [0.15, 0.2) is 0 Å². The lowest BCUT2D eigenvalue weighted by atomic mass is 10.1. The number of carbonyl (C=O) groups is 2. The highest BCUT2D eigenvalue weighted by Gasteiger charge is 2.13. The van der Waals surface area contributed by atoms with Crippen molar-refractivity contribution in [2.75, 3.05) is 23.3 Å². The van der Waals surface area contributed by atoms with Crippen molar-refractivity contribution in [3.05, 3.63) is 24.3 Å². The summed E-state index contributed by atoms with van der Waals surface area (Å²) in [5.41, 5.74) is 7.15. The zero-order valence-corrected chi connectivity index (χ0v) is 12.5. The van der Waals surface area contributed by atoms with Gasteiger partial charge in [-0.05, 0) is 44.5 Å². The number of carboxylic acid groups (broad SMARTS) is 1. The van der Waals surface area contributed by atoms with E-state index in [1.807, 2.05) is 24.3 Å². The highest BCUT2D eigenvalue weighted by atomic mass is 16.4. The van der Waals surface area contributed by atoms with Gasteiger partial charge in [0.25, 0.3) is 0 Å². The summed E-state index contributed by atoms with van der Waals surface area (Å²) in [4.78, 5) is 24.5. The van der Waals surface area contributed by atoms with Gasteiger partial charge in [-0.15, -0.1) is 0 Å². The van der Waals surface area contributed by atoms with Crippen LogP contribution in [-0.2, 0) is 9.59 Å². The molecule has 0 bridgehead atoms. The van der Waals surface area contributed by atoms with Crippen molar-refractivity contribution in [3.8, 4) is 0 Å². The number of amides is 1. The van der Waals surface area contributed by atoms with Crippen LogP contribution in [0.1, 0.15) is 26.7 Å². The third-order valence-electron chi connectivity index (χ3n) is 3.28. The predicted molar refractivity (Wildman–Crippen MR) is 83.5 cm³/mol. The van der Waals surface area contributed by atoms with Gasteiger partial charge in [0.05, 0.1) is 0 Å². The smallest absolute Gasteiger partial charge is 0.320 e. The molecule has 21 heavy (non-hydrogen) atoms.